The van der Waals surface area contributed by atoms with Gasteiger partial charge >= 0.3 is 0 Å². The van der Waals surface area contributed by atoms with Crippen molar-refractivity contribution in [3.8, 4) is 5.75 Å². The van der Waals surface area contributed by atoms with Gasteiger partial charge in [-0.3, -0.25) is 4.72 Å². The molecule has 0 saturated carbocycles. The molecule has 2 aromatic carbocycles. The summed E-state index contributed by atoms with van der Waals surface area (Å²) in [5.41, 5.74) is 0.944. The van der Waals surface area contributed by atoms with Crippen LogP contribution in [0.1, 0.15) is 0 Å². The summed E-state index contributed by atoms with van der Waals surface area (Å²) in [5.74, 6) is 0.158. The van der Waals surface area contributed by atoms with E-state index < -0.39 is 32.0 Å². The Morgan fingerprint density at radius 2 is 1.59 bits per heavy atom. The number of benzene rings is 2. The maximum absolute atomic E-state index is 12.4. The van der Waals surface area contributed by atoms with E-state index in [2.05, 4.69) is 10.0 Å². The molecule has 1 aliphatic heterocycles. The molecule has 3 N–H and O–H groups in total. The van der Waals surface area contributed by atoms with Crippen LogP contribution in [-0.4, -0.2) is 52.7 Å². The standard InChI is InChI=1S/C17H20N2O6S2/c1-25-14-6-8-15(9-7-14)27(23,24)19-13-4-2-12(3-5-13)18-16-10-26(21,22)11-17(16)20/h2-9,16-20H,10-11H2,1H3/t16-,17+/m1/s1. The van der Waals surface area contributed by atoms with Crippen molar-refractivity contribution in [3.05, 3.63) is 48.5 Å². The molecule has 2 aromatic rings. The molecule has 0 unspecified atom stereocenters. The third-order valence-corrected chi connectivity index (χ3v) is 7.30. The third kappa shape index (κ3) is 4.71. The van der Waals surface area contributed by atoms with Crippen LogP contribution in [0, 0.1) is 0 Å². The largest absolute Gasteiger partial charge is 0.497 e. The number of ether oxygens (including phenoxy) is 1. The Balaban J connectivity index is 1.68. The molecule has 1 aliphatic rings. The number of sulfone groups is 1. The number of anilines is 2. The van der Waals surface area contributed by atoms with Crippen molar-refractivity contribution in [1.82, 2.24) is 0 Å². The van der Waals surface area contributed by atoms with E-state index in [1.807, 2.05) is 0 Å². The third-order valence-electron chi connectivity index (χ3n) is 4.18. The van der Waals surface area contributed by atoms with Gasteiger partial charge in [-0.2, -0.15) is 0 Å². The molecular weight excluding hydrogens is 392 g/mol. The van der Waals surface area contributed by atoms with Gasteiger partial charge in [-0.15, -0.1) is 0 Å². The first-order valence-electron chi connectivity index (χ1n) is 8.10. The van der Waals surface area contributed by atoms with Gasteiger partial charge in [0.1, 0.15) is 5.75 Å². The Bertz CT molecular complexity index is 1000. The molecule has 1 fully saturated rings. The molecule has 0 amide bonds. The summed E-state index contributed by atoms with van der Waals surface area (Å²) in [5, 5.41) is 12.8. The van der Waals surface area contributed by atoms with Crippen molar-refractivity contribution in [2.75, 3.05) is 28.7 Å². The van der Waals surface area contributed by atoms with Gasteiger partial charge in [0.25, 0.3) is 10.0 Å². The van der Waals surface area contributed by atoms with Gasteiger partial charge in [0.15, 0.2) is 9.84 Å². The van der Waals surface area contributed by atoms with Crippen molar-refractivity contribution in [3.63, 3.8) is 0 Å². The maximum Gasteiger partial charge on any atom is 0.261 e. The van der Waals surface area contributed by atoms with E-state index in [9.17, 15) is 21.9 Å². The lowest BCUT2D eigenvalue weighted by Gasteiger charge is -2.16. The first-order valence-corrected chi connectivity index (χ1v) is 11.4. The van der Waals surface area contributed by atoms with E-state index in [1.165, 1.54) is 19.2 Å². The van der Waals surface area contributed by atoms with Crippen molar-refractivity contribution < 1.29 is 26.7 Å². The molecule has 1 heterocycles. The lowest BCUT2D eigenvalue weighted by Crippen LogP contribution is -2.31. The number of hydrogen-bond donors (Lipinski definition) is 3. The molecule has 0 spiro atoms. The van der Waals surface area contributed by atoms with E-state index >= 15 is 0 Å². The number of nitrogens with one attached hydrogen (secondary N) is 2. The van der Waals surface area contributed by atoms with Gasteiger partial charge in [-0.1, -0.05) is 0 Å². The second kappa shape index (κ2) is 7.37. The lowest BCUT2D eigenvalue weighted by molar-refractivity contribution is 0.190. The van der Waals surface area contributed by atoms with Crippen LogP contribution >= 0.6 is 0 Å². The van der Waals surface area contributed by atoms with Gasteiger partial charge in [-0.25, -0.2) is 16.8 Å². The van der Waals surface area contributed by atoms with Crippen LogP contribution in [0.2, 0.25) is 0 Å². The van der Waals surface area contributed by atoms with Crippen LogP contribution in [0.4, 0.5) is 11.4 Å². The molecule has 2 atom stereocenters. The van der Waals surface area contributed by atoms with Gasteiger partial charge in [0, 0.05) is 11.4 Å². The summed E-state index contributed by atoms with van der Waals surface area (Å²) < 4.78 is 55.4. The number of methoxy groups -OCH3 is 1. The molecule has 0 bridgehead atoms. The molecular formula is C17H20N2O6S2. The summed E-state index contributed by atoms with van der Waals surface area (Å²) >= 11 is 0. The molecule has 8 nitrogen and oxygen atoms in total. The number of aliphatic hydroxyl groups excluding tert-OH is 1. The average Bonchev–Trinajstić information content (AvgIpc) is 2.88. The summed E-state index contributed by atoms with van der Waals surface area (Å²) in [6, 6.07) is 11.8. The van der Waals surface area contributed by atoms with E-state index in [-0.39, 0.29) is 16.4 Å². The number of rotatable bonds is 6. The van der Waals surface area contributed by atoms with Crippen LogP contribution in [0.5, 0.6) is 5.75 Å². The molecule has 1 saturated heterocycles. The highest BCUT2D eigenvalue weighted by molar-refractivity contribution is 7.92. The molecule has 146 valence electrons. The minimum Gasteiger partial charge on any atom is -0.497 e. The van der Waals surface area contributed by atoms with E-state index in [0.717, 1.165) is 0 Å². The Morgan fingerprint density at radius 3 is 2.11 bits per heavy atom. The van der Waals surface area contributed by atoms with E-state index in [0.29, 0.717) is 17.1 Å². The highest BCUT2D eigenvalue weighted by Crippen LogP contribution is 2.22. The van der Waals surface area contributed by atoms with Gasteiger partial charge in [0.2, 0.25) is 0 Å². The fourth-order valence-corrected chi connectivity index (χ4v) is 5.58. The Kier molecular flexibility index (Phi) is 5.31. The second-order valence-corrected chi connectivity index (χ2v) is 10.1. The van der Waals surface area contributed by atoms with E-state index in [4.69, 9.17) is 4.74 Å². The minimum absolute atomic E-state index is 0.102. The van der Waals surface area contributed by atoms with E-state index in [1.54, 1.807) is 36.4 Å². The SMILES string of the molecule is COc1ccc(S(=O)(=O)Nc2ccc(N[C@@H]3CS(=O)(=O)C[C@@H]3O)cc2)cc1. The number of hydrogen-bond acceptors (Lipinski definition) is 7. The Labute approximate surface area is 158 Å². The average molecular weight is 412 g/mol. The second-order valence-electron chi connectivity index (χ2n) is 6.25. The maximum atomic E-state index is 12.4. The first kappa shape index (κ1) is 19.5. The highest BCUT2D eigenvalue weighted by Gasteiger charge is 2.36. The number of sulfonamides is 1. The first-order chi connectivity index (χ1) is 12.7. The molecule has 10 heteroatoms. The van der Waals surface area contributed by atoms with Crippen molar-refractivity contribution in [1.29, 1.82) is 0 Å². The fourth-order valence-electron chi connectivity index (χ4n) is 2.78. The van der Waals surface area contributed by atoms with Crippen molar-refractivity contribution in [2.24, 2.45) is 0 Å². The zero-order valence-corrected chi connectivity index (χ0v) is 16.1. The van der Waals surface area contributed by atoms with Crippen LogP contribution < -0.4 is 14.8 Å². The predicted molar refractivity (Wildman–Crippen MR) is 102 cm³/mol. The molecule has 27 heavy (non-hydrogen) atoms. The summed E-state index contributed by atoms with van der Waals surface area (Å²) in [4.78, 5) is 0.102. The van der Waals surface area contributed by atoms with Crippen molar-refractivity contribution in [2.45, 2.75) is 17.0 Å². The molecule has 0 radical (unpaired) electrons. The summed E-state index contributed by atoms with van der Waals surface area (Å²) in [7, 11) is -5.49. The molecule has 3 rings (SSSR count). The van der Waals surface area contributed by atoms with Crippen LogP contribution in [0.3, 0.4) is 0 Å². The Morgan fingerprint density at radius 1 is 1.00 bits per heavy atom. The zero-order valence-electron chi connectivity index (χ0n) is 14.5. The Hall–Kier alpha value is -2.30. The van der Waals surface area contributed by atoms with Crippen LogP contribution in [-0.2, 0) is 19.9 Å². The summed E-state index contributed by atoms with van der Waals surface area (Å²) in [6.07, 6.45) is -0.969. The molecule has 0 aliphatic carbocycles. The van der Waals surface area contributed by atoms with Gasteiger partial charge < -0.3 is 15.2 Å². The summed E-state index contributed by atoms with van der Waals surface area (Å²) in [6.45, 7) is 0. The fraction of sp³-hybridized carbons (Fsp3) is 0.294. The monoisotopic (exact) mass is 412 g/mol. The minimum atomic E-state index is -3.74. The topological polar surface area (TPSA) is 122 Å². The van der Waals surface area contributed by atoms with Crippen LogP contribution in [0.15, 0.2) is 53.4 Å². The quantitative estimate of drug-likeness (QED) is 0.649. The van der Waals surface area contributed by atoms with Gasteiger partial charge in [-0.05, 0) is 48.5 Å². The lowest BCUT2D eigenvalue weighted by atomic mass is 10.2. The van der Waals surface area contributed by atoms with Gasteiger partial charge in [0.05, 0.1) is 35.7 Å². The van der Waals surface area contributed by atoms with Crippen molar-refractivity contribution >= 4 is 31.2 Å². The molecule has 0 aromatic heterocycles. The number of aliphatic hydroxyl groups is 1. The zero-order chi connectivity index (χ0) is 19.7. The highest BCUT2D eigenvalue weighted by atomic mass is 32.2. The normalized spacial score (nSPS) is 21.6. The van der Waals surface area contributed by atoms with Crippen LogP contribution in [0.25, 0.3) is 0 Å². The predicted octanol–water partition coefficient (Wildman–Crippen LogP) is 1.07. The smallest absolute Gasteiger partial charge is 0.261 e.